The van der Waals surface area contributed by atoms with Gasteiger partial charge < -0.3 is 16.0 Å². The van der Waals surface area contributed by atoms with Crippen LogP contribution in [0.25, 0.3) is 0 Å². The summed E-state index contributed by atoms with van der Waals surface area (Å²) < 4.78 is 0. The van der Waals surface area contributed by atoms with Crippen LogP contribution in [0.2, 0.25) is 0 Å². The summed E-state index contributed by atoms with van der Waals surface area (Å²) in [6.07, 6.45) is 0. The third-order valence-electron chi connectivity index (χ3n) is 1.56. The third kappa shape index (κ3) is 0.712. The molecule has 0 atom stereocenters. The lowest BCUT2D eigenvalue weighted by Crippen LogP contribution is -2.39. The van der Waals surface area contributed by atoms with Crippen molar-refractivity contribution < 1.29 is 0 Å². The van der Waals surface area contributed by atoms with Gasteiger partial charge in [-0.1, -0.05) is 0 Å². The lowest BCUT2D eigenvalue weighted by molar-refractivity contribution is 0.601. The monoisotopic (exact) mass is 126 g/mol. The second kappa shape index (κ2) is 1.80. The van der Waals surface area contributed by atoms with E-state index in [-0.39, 0.29) is 0 Å². The minimum absolute atomic E-state index is 0.860. The van der Waals surface area contributed by atoms with E-state index in [4.69, 9.17) is 0 Å². The van der Waals surface area contributed by atoms with Gasteiger partial charge in [0.25, 0.3) is 0 Å². The molecule has 2 heterocycles. The number of nitrogens with one attached hydrogen (secondary N) is 4. The zero-order chi connectivity index (χ0) is 6.10. The lowest BCUT2D eigenvalue weighted by atomic mass is 10.4. The molecule has 0 aromatic heterocycles. The molecule has 4 N–H and O–H groups in total. The van der Waals surface area contributed by atoms with Gasteiger partial charge in [0.1, 0.15) is 5.82 Å². The van der Waals surface area contributed by atoms with Crippen molar-refractivity contribution in [1.82, 2.24) is 21.3 Å². The maximum absolute atomic E-state index is 3.20. The van der Waals surface area contributed by atoms with Crippen LogP contribution in [0.1, 0.15) is 0 Å². The summed E-state index contributed by atoms with van der Waals surface area (Å²) in [5.74, 6) is 1.16. The van der Waals surface area contributed by atoms with Gasteiger partial charge in [-0.3, -0.25) is 5.32 Å². The molecular weight excluding hydrogens is 116 g/mol. The molecule has 0 aromatic carbocycles. The van der Waals surface area contributed by atoms with E-state index >= 15 is 0 Å². The maximum Gasteiger partial charge on any atom is 0.122 e. The van der Waals surface area contributed by atoms with Crippen LogP contribution in [0.15, 0.2) is 11.5 Å². The average Bonchev–Trinajstić information content (AvgIpc) is 2.33. The Kier molecular flexibility index (Phi) is 0.989. The standard InChI is InChI=1S/C5H10N4/c1-4-5(8-2-6-1)9-3-7-4/h6-9H,1-3H2. The maximum atomic E-state index is 3.20. The van der Waals surface area contributed by atoms with Crippen LogP contribution >= 0.6 is 0 Å². The van der Waals surface area contributed by atoms with Crippen molar-refractivity contribution in [2.75, 3.05) is 19.9 Å². The largest absolute Gasteiger partial charge is 0.367 e. The molecule has 9 heavy (non-hydrogen) atoms. The molecule has 0 fully saturated rings. The third-order valence-corrected chi connectivity index (χ3v) is 1.56. The van der Waals surface area contributed by atoms with Gasteiger partial charge in [0.05, 0.1) is 19.0 Å². The minimum atomic E-state index is 0.860. The van der Waals surface area contributed by atoms with E-state index in [2.05, 4.69) is 21.3 Å². The normalized spacial score (nSPS) is 24.0. The van der Waals surface area contributed by atoms with Crippen LogP contribution in [0.4, 0.5) is 0 Å². The van der Waals surface area contributed by atoms with Gasteiger partial charge in [-0.2, -0.15) is 0 Å². The van der Waals surface area contributed by atoms with Crippen LogP contribution in [-0.4, -0.2) is 19.9 Å². The molecule has 2 aliphatic heterocycles. The highest BCUT2D eigenvalue weighted by atomic mass is 15.3. The molecule has 2 aliphatic rings. The number of rotatable bonds is 0. The second-order valence-electron chi connectivity index (χ2n) is 2.16. The first-order valence-corrected chi connectivity index (χ1v) is 3.12. The first kappa shape index (κ1) is 4.93. The zero-order valence-electron chi connectivity index (χ0n) is 5.12. The Morgan fingerprint density at radius 1 is 1.00 bits per heavy atom. The van der Waals surface area contributed by atoms with Crippen LogP contribution in [0, 0.1) is 0 Å². The topological polar surface area (TPSA) is 48.1 Å². The Morgan fingerprint density at radius 2 is 1.89 bits per heavy atom. The van der Waals surface area contributed by atoms with Gasteiger partial charge in [-0.05, 0) is 0 Å². The molecule has 0 radical (unpaired) electrons. The van der Waals surface area contributed by atoms with Crippen molar-refractivity contribution >= 4 is 0 Å². The van der Waals surface area contributed by atoms with Gasteiger partial charge in [0.15, 0.2) is 0 Å². The van der Waals surface area contributed by atoms with Crippen LogP contribution in [-0.2, 0) is 0 Å². The molecule has 0 aromatic rings. The van der Waals surface area contributed by atoms with Gasteiger partial charge >= 0.3 is 0 Å². The highest BCUT2D eigenvalue weighted by Gasteiger charge is 2.14. The van der Waals surface area contributed by atoms with E-state index < -0.39 is 0 Å². The van der Waals surface area contributed by atoms with E-state index in [1.54, 1.807) is 0 Å². The van der Waals surface area contributed by atoms with Gasteiger partial charge in [-0.15, -0.1) is 0 Å². The molecule has 0 unspecified atom stereocenters. The van der Waals surface area contributed by atoms with E-state index in [0.717, 1.165) is 25.7 Å². The second-order valence-corrected chi connectivity index (χ2v) is 2.16. The number of hydrogen-bond donors (Lipinski definition) is 4. The summed E-state index contributed by atoms with van der Waals surface area (Å²) in [7, 11) is 0. The molecule has 0 bridgehead atoms. The molecule has 50 valence electrons. The highest BCUT2D eigenvalue weighted by Crippen LogP contribution is 2.00. The fraction of sp³-hybridized carbons (Fsp3) is 0.600. The van der Waals surface area contributed by atoms with Crippen molar-refractivity contribution in [2.24, 2.45) is 0 Å². The molecule has 4 heteroatoms. The smallest absolute Gasteiger partial charge is 0.122 e. The summed E-state index contributed by atoms with van der Waals surface area (Å²) in [5.41, 5.74) is 1.25. The predicted octanol–water partition coefficient (Wildman–Crippen LogP) is -1.54. The van der Waals surface area contributed by atoms with E-state index in [1.807, 2.05) is 0 Å². The van der Waals surface area contributed by atoms with Crippen LogP contribution in [0.5, 0.6) is 0 Å². The van der Waals surface area contributed by atoms with Crippen molar-refractivity contribution in [3.05, 3.63) is 11.5 Å². The van der Waals surface area contributed by atoms with Crippen molar-refractivity contribution in [2.45, 2.75) is 0 Å². The Hall–Kier alpha value is -0.900. The van der Waals surface area contributed by atoms with Gasteiger partial charge in [0, 0.05) is 6.54 Å². The molecule has 0 aliphatic carbocycles. The SMILES string of the molecule is C1NCC2=C(N1)NCN2. The fourth-order valence-corrected chi connectivity index (χ4v) is 1.09. The highest BCUT2D eigenvalue weighted by molar-refractivity contribution is 5.17. The molecule has 0 spiro atoms. The zero-order valence-corrected chi connectivity index (χ0v) is 5.12. The summed E-state index contributed by atoms with van der Waals surface area (Å²) >= 11 is 0. The quantitative estimate of drug-likeness (QED) is 0.317. The minimum Gasteiger partial charge on any atom is -0.367 e. The predicted molar refractivity (Wildman–Crippen MR) is 34.2 cm³/mol. The first-order chi connectivity index (χ1) is 4.47. The summed E-state index contributed by atoms with van der Waals surface area (Å²) in [6.45, 7) is 2.68. The Bertz CT molecular complexity index is 135. The Labute approximate surface area is 53.7 Å². The Morgan fingerprint density at radius 3 is 2.78 bits per heavy atom. The summed E-state index contributed by atoms with van der Waals surface area (Å²) in [4.78, 5) is 0. The van der Waals surface area contributed by atoms with E-state index in [1.165, 1.54) is 5.70 Å². The average molecular weight is 126 g/mol. The van der Waals surface area contributed by atoms with Crippen molar-refractivity contribution in [3.8, 4) is 0 Å². The first-order valence-electron chi connectivity index (χ1n) is 3.12. The summed E-state index contributed by atoms with van der Waals surface area (Å²) in [5, 5.41) is 12.7. The molecule has 0 saturated carbocycles. The van der Waals surface area contributed by atoms with E-state index in [0.29, 0.717) is 0 Å². The molecule has 0 saturated heterocycles. The molecule has 0 amide bonds. The molecule has 4 nitrogen and oxygen atoms in total. The molecular formula is C5H10N4. The molecule has 2 rings (SSSR count). The number of hydrogen-bond acceptors (Lipinski definition) is 4. The van der Waals surface area contributed by atoms with Gasteiger partial charge in [-0.25, -0.2) is 0 Å². The van der Waals surface area contributed by atoms with Gasteiger partial charge in [0.2, 0.25) is 0 Å². The lowest BCUT2D eigenvalue weighted by Gasteiger charge is -2.15. The Balaban J connectivity index is 2.17. The van der Waals surface area contributed by atoms with E-state index in [9.17, 15) is 0 Å². The summed E-state index contributed by atoms with van der Waals surface area (Å²) in [6, 6.07) is 0. The van der Waals surface area contributed by atoms with Crippen molar-refractivity contribution in [1.29, 1.82) is 0 Å². The fourth-order valence-electron chi connectivity index (χ4n) is 1.09. The van der Waals surface area contributed by atoms with Crippen LogP contribution < -0.4 is 21.3 Å². The van der Waals surface area contributed by atoms with Crippen LogP contribution in [0.3, 0.4) is 0 Å². The van der Waals surface area contributed by atoms with Crippen molar-refractivity contribution in [3.63, 3.8) is 0 Å².